The number of nitrogens with zero attached hydrogens (tertiary/aromatic N) is 4. The van der Waals surface area contributed by atoms with Crippen LogP contribution in [-0.2, 0) is 17.5 Å². The van der Waals surface area contributed by atoms with Gasteiger partial charge in [0, 0.05) is 13.1 Å². The first-order valence-corrected chi connectivity index (χ1v) is 5.99. The zero-order chi connectivity index (χ0) is 16.9. The summed E-state index contributed by atoms with van der Waals surface area (Å²) >= 11 is 0. The van der Waals surface area contributed by atoms with E-state index in [1.807, 2.05) is 0 Å². The van der Waals surface area contributed by atoms with E-state index in [9.17, 15) is 28.1 Å². The second-order valence-electron chi connectivity index (χ2n) is 4.19. The molecule has 0 bridgehead atoms. The van der Waals surface area contributed by atoms with Crippen LogP contribution in [0.25, 0.3) is 0 Å². The molecule has 7 nitrogen and oxygen atoms in total. The summed E-state index contributed by atoms with van der Waals surface area (Å²) in [6.07, 6.45) is -1.51. The van der Waals surface area contributed by atoms with Gasteiger partial charge in [0.15, 0.2) is 0 Å². The van der Waals surface area contributed by atoms with Crippen LogP contribution in [0.1, 0.15) is 5.69 Å². The van der Waals surface area contributed by atoms with Gasteiger partial charge in [-0.2, -0.15) is 18.3 Å². The van der Waals surface area contributed by atoms with Gasteiger partial charge in [-0.15, -0.1) is 13.2 Å². The summed E-state index contributed by atoms with van der Waals surface area (Å²) in [5, 5.41) is 13.7. The van der Waals surface area contributed by atoms with Crippen LogP contribution in [0.2, 0.25) is 0 Å². The minimum absolute atomic E-state index is 0.167. The lowest BCUT2D eigenvalue weighted by Crippen LogP contribution is -2.34. The van der Waals surface area contributed by atoms with Gasteiger partial charge in [-0.3, -0.25) is 19.6 Å². The first-order chi connectivity index (χ1) is 10.2. The van der Waals surface area contributed by atoms with E-state index in [0.29, 0.717) is 10.9 Å². The Balaban J connectivity index is 3.03. The molecule has 22 heavy (non-hydrogen) atoms. The highest BCUT2D eigenvalue weighted by atomic mass is 19.4. The number of hydrogen-bond donors (Lipinski definition) is 0. The molecular formula is C12H13F3N4O3. The summed E-state index contributed by atoms with van der Waals surface area (Å²) in [4.78, 5) is 22.7. The highest BCUT2D eigenvalue weighted by Gasteiger charge is 2.42. The Hall–Kier alpha value is -2.65. The summed E-state index contributed by atoms with van der Waals surface area (Å²) in [5.41, 5.74) is -2.83. The minimum Gasteiger partial charge on any atom is -0.334 e. The number of carbonyl (C=O) groups excluding carboxylic acids is 1. The molecule has 10 heteroatoms. The van der Waals surface area contributed by atoms with Crippen molar-refractivity contribution in [1.29, 1.82) is 0 Å². The molecule has 0 aliphatic heterocycles. The summed E-state index contributed by atoms with van der Waals surface area (Å²) in [5.74, 6) is -0.564. The third-order valence-corrected chi connectivity index (χ3v) is 2.56. The van der Waals surface area contributed by atoms with Crippen molar-refractivity contribution in [2.75, 3.05) is 13.1 Å². The maximum Gasteiger partial charge on any atom is 0.442 e. The smallest absolute Gasteiger partial charge is 0.334 e. The second-order valence-corrected chi connectivity index (χ2v) is 4.19. The molecule has 0 unspecified atom stereocenters. The monoisotopic (exact) mass is 318 g/mol. The third kappa shape index (κ3) is 4.17. The maximum absolute atomic E-state index is 12.7. The fourth-order valence-corrected chi connectivity index (χ4v) is 1.66. The molecule has 0 saturated heterocycles. The van der Waals surface area contributed by atoms with Gasteiger partial charge in [0.1, 0.15) is 12.7 Å². The lowest BCUT2D eigenvalue weighted by atomic mass is 10.4. The largest absolute Gasteiger partial charge is 0.442 e. The fraction of sp³-hybridized carbons (Fsp3) is 0.333. The van der Waals surface area contributed by atoms with E-state index in [4.69, 9.17) is 0 Å². The average Bonchev–Trinajstić information content (AvgIpc) is 2.82. The first kappa shape index (κ1) is 17.4. The molecule has 1 heterocycles. The molecule has 0 radical (unpaired) electrons. The molecule has 0 aliphatic rings. The van der Waals surface area contributed by atoms with Crippen molar-refractivity contribution < 1.29 is 22.9 Å². The molecule has 0 N–H and O–H groups in total. The summed E-state index contributed by atoms with van der Waals surface area (Å²) in [6.45, 7) is 6.69. The van der Waals surface area contributed by atoms with Gasteiger partial charge >= 0.3 is 11.9 Å². The Kier molecular flexibility index (Phi) is 5.44. The lowest BCUT2D eigenvalue weighted by molar-refractivity contribution is -0.388. The van der Waals surface area contributed by atoms with Crippen molar-refractivity contribution in [2.45, 2.75) is 12.7 Å². The van der Waals surface area contributed by atoms with Crippen molar-refractivity contribution in [3.8, 4) is 0 Å². The number of carbonyl (C=O) groups is 1. The van der Waals surface area contributed by atoms with Crippen molar-refractivity contribution in [3.63, 3.8) is 0 Å². The highest BCUT2D eigenvalue weighted by molar-refractivity contribution is 5.76. The fourth-order valence-electron chi connectivity index (χ4n) is 1.66. The predicted octanol–water partition coefficient (Wildman–Crippen LogP) is 2.01. The van der Waals surface area contributed by atoms with Crippen LogP contribution in [0.5, 0.6) is 0 Å². The number of nitro groups is 1. The molecule has 0 atom stereocenters. The van der Waals surface area contributed by atoms with Crippen LogP contribution in [0.15, 0.2) is 31.5 Å². The van der Waals surface area contributed by atoms with Crippen LogP contribution in [0, 0.1) is 10.1 Å². The van der Waals surface area contributed by atoms with Crippen molar-refractivity contribution in [3.05, 3.63) is 47.3 Å². The predicted molar refractivity (Wildman–Crippen MR) is 70.9 cm³/mol. The molecule has 1 amide bonds. The molecule has 0 spiro atoms. The molecule has 120 valence electrons. The lowest BCUT2D eigenvalue weighted by Gasteiger charge is -2.18. The third-order valence-electron chi connectivity index (χ3n) is 2.56. The van der Waals surface area contributed by atoms with Gasteiger partial charge in [0.25, 0.3) is 0 Å². The van der Waals surface area contributed by atoms with E-state index in [-0.39, 0.29) is 13.1 Å². The van der Waals surface area contributed by atoms with Gasteiger partial charge in [-0.05, 0) is 0 Å². The van der Waals surface area contributed by atoms with Crippen molar-refractivity contribution in [1.82, 2.24) is 14.7 Å². The Morgan fingerprint density at radius 1 is 1.41 bits per heavy atom. The van der Waals surface area contributed by atoms with Crippen LogP contribution in [0.3, 0.4) is 0 Å². The Morgan fingerprint density at radius 2 is 1.95 bits per heavy atom. The molecule has 0 aliphatic carbocycles. The van der Waals surface area contributed by atoms with Crippen LogP contribution in [-0.4, -0.2) is 38.6 Å². The Labute approximate surface area is 123 Å². The molecular weight excluding hydrogens is 305 g/mol. The SMILES string of the molecule is C=CCN(CC=C)C(=O)Cn1cc([N+](=O)[O-])c(C(F)(F)F)n1. The van der Waals surface area contributed by atoms with E-state index >= 15 is 0 Å². The topological polar surface area (TPSA) is 81.3 Å². The quantitative estimate of drug-likeness (QED) is 0.437. The standard InChI is InChI=1S/C12H13F3N4O3/c1-3-5-17(6-4-2)10(20)8-18-7-9(19(21)22)11(16-18)12(13,14)15/h3-4,7H,1-2,5-6,8H2. The van der Waals surface area contributed by atoms with E-state index in [1.54, 1.807) is 0 Å². The number of alkyl halides is 3. The molecule has 1 rings (SSSR count). The molecule has 0 saturated carbocycles. The zero-order valence-electron chi connectivity index (χ0n) is 11.4. The second kappa shape index (κ2) is 6.87. The van der Waals surface area contributed by atoms with Crippen LogP contribution < -0.4 is 0 Å². The normalized spacial score (nSPS) is 11.0. The van der Waals surface area contributed by atoms with E-state index < -0.39 is 34.9 Å². The highest BCUT2D eigenvalue weighted by Crippen LogP contribution is 2.34. The van der Waals surface area contributed by atoms with Gasteiger partial charge in [0.05, 0.1) is 4.92 Å². The van der Waals surface area contributed by atoms with Gasteiger partial charge in [-0.25, -0.2) is 0 Å². The number of hydrogen-bond acceptors (Lipinski definition) is 4. The molecule has 1 aromatic rings. The maximum atomic E-state index is 12.7. The van der Waals surface area contributed by atoms with Crippen molar-refractivity contribution >= 4 is 11.6 Å². The molecule has 0 aromatic carbocycles. The number of amides is 1. The van der Waals surface area contributed by atoms with E-state index in [1.165, 1.54) is 17.1 Å². The number of halogens is 3. The van der Waals surface area contributed by atoms with Gasteiger partial charge < -0.3 is 4.90 Å². The summed E-state index contributed by atoms with van der Waals surface area (Å²) < 4.78 is 38.6. The number of rotatable bonds is 7. The van der Waals surface area contributed by atoms with Crippen LogP contribution >= 0.6 is 0 Å². The minimum atomic E-state index is -4.97. The first-order valence-electron chi connectivity index (χ1n) is 5.99. The Morgan fingerprint density at radius 3 is 2.32 bits per heavy atom. The van der Waals surface area contributed by atoms with Gasteiger partial charge in [-0.1, -0.05) is 12.2 Å². The van der Waals surface area contributed by atoms with Crippen LogP contribution in [0.4, 0.5) is 18.9 Å². The zero-order valence-corrected chi connectivity index (χ0v) is 11.4. The summed E-state index contributed by atoms with van der Waals surface area (Å²) in [7, 11) is 0. The van der Waals surface area contributed by atoms with Crippen molar-refractivity contribution in [2.24, 2.45) is 0 Å². The molecule has 1 aromatic heterocycles. The van der Waals surface area contributed by atoms with Gasteiger partial charge in [0.2, 0.25) is 11.6 Å². The average molecular weight is 318 g/mol. The molecule has 0 fully saturated rings. The number of aromatic nitrogens is 2. The summed E-state index contributed by atoms with van der Waals surface area (Å²) in [6, 6.07) is 0. The Bertz CT molecular complexity index is 585. The van der Waals surface area contributed by atoms with E-state index in [2.05, 4.69) is 18.3 Å². The van der Waals surface area contributed by atoms with E-state index in [0.717, 1.165) is 0 Å².